The van der Waals surface area contributed by atoms with Crippen LogP contribution in [0.3, 0.4) is 0 Å². The van der Waals surface area contributed by atoms with E-state index in [0.29, 0.717) is 18.9 Å². The Labute approximate surface area is 127 Å². The van der Waals surface area contributed by atoms with E-state index in [4.69, 9.17) is 5.11 Å². The molecule has 0 spiro atoms. The monoisotopic (exact) mass is 296 g/mol. The summed E-state index contributed by atoms with van der Waals surface area (Å²) >= 11 is 0. The Morgan fingerprint density at radius 2 is 2.19 bits per heavy atom. The third-order valence-electron chi connectivity index (χ3n) is 4.50. The summed E-state index contributed by atoms with van der Waals surface area (Å²) < 4.78 is 0. The summed E-state index contributed by atoms with van der Waals surface area (Å²) in [6.45, 7) is 6.50. The molecule has 120 valence electrons. The van der Waals surface area contributed by atoms with E-state index in [9.17, 15) is 9.59 Å². The molecule has 5 nitrogen and oxygen atoms in total. The van der Waals surface area contributed by atoms with Crippen molar-refractivity contribution in [2.45, 2.75) is 52.0 Å². The van der Waals surface area contributed by atoms with Gasteiger partial charge in [0.05, 0.1) is 5.92 Å². The fraction of sp³-hybridized carbons (Fsp3) is 0.875. The normalized spacial score (nSPS) is 26.2. The van der Waals surface area contributed by atoms with Crippen LogP contribution in [0.1, 0.15) is 46.0 Å². The van der Waals surface area contributed by atoms with Crippen molar-refractivity contribution in [2.24, 2.45) is 11.8 Å². The Morgan fingerprint density at radius 3 is 2.86 bits per heavy atom. The first-order valence-electron chi connectivity index (χ1n) is 8.22. The van der Waals surface area contributed by atoms with Crippen molar-refractivity contribution < 1.29 is 14.7 Å². The maximum Gasteiger partial charge on any atom is 0.228 e. The van der Waals surface area contributed by atoms with Gasteiger partial charge in [0.15, 0.2) is 0 Å². The van der Waals surface area contributed by atoms with Crippen molar-refractivity contribution >= 4 is 11.8 Å². The first-order valence-corrected chi connectivity index (χ1v) is 8.22. The molecular formula is C16H28N2O3. The van der Waals surface area contributed by atoms with E-state index >= 15 is 0 Å². The van der Waals surface area contributed by atoms with Crippen molar-refractivity contribution in [1.29, 1.82) is 0 Å². The molecule has 2 atom stereocenters. The molecule has 0 bridgehead atoms. The molecule has 0 aliphatic carbocycles. The van der Waals surface area contributed by atoms with E-state index in [1.165, 1.54) is 0 Å². The number of nitrogens with zero attached hydrogens (tertiary/aromatic N) is 2. The van der Waals surface area contributed by atoms with Crippen LogP contribution < -0.4 is 0 Å². The molecule has 21 heavy (non-hydrogen) atoms. The van der Waals surface area contributed by atoms with Gasteiger partial charge >= 0.3 is 0 Å². The number of amides is 2. The predicted octanol–water partition coefficient (Wildman–Crippen LogP) is 1.25. The molecule has 0 aromatic rings. The van der Waals surface area contributed by atoms with Crippen molar-refractivity contribution in [3.8, 4) is 0 Å². The smallest absolute Gasteiger partial charge is 0.228 e. The SMILES string of the molecule is CC(C)CN1CC(C(=O)N2CCCC2CCCO)CC1=O. The molecule has 2 fully saturated rings. The average molecular weight is 296 g/mol. The van der Waals surface area contributed by atoms with E-state index < -0.39 is 0 Å². The minimum Gasteiger partial charge on any atom is -0.396 e. The molecule has 1 N–H and O–H groups in total. The van der Waals surface area contributed by atoms with Crippen molar-refractivity contribution in [3.05, 3.63) is 0 Å². The number of hydrogen-bond donors (Lipinski definition) is 1. The number of hydrogen-bond acceptors (Lipinski definition) is 3. The van der Waals surface area contributed by atoms with Crippen LogP contribution in [-0.2, 0) is 9.59 Å². The molecule has 2 aliphatic heterocycles. The van der Waals surface area contributed by atoms with Gasteiger partial charge in [0.25, 0.3) is 0 Å². The summed E-state index contributed by atoms with van der Waals surface area (Å²) in [5.41, 5.74) is 0. The molecule has 2 heterocycles. The third-order valence-corrected chi connectivity index (χ3v) is 4.50. The van der Waals surface area contributed by atoms with Crippen LogP contribution in [0.2, 0.25) is 0 Å². The fourth-order valence-electron chi connectivity index (χ4n) is 3.54. The molecule has 2 unspecified atom stereocenters. The summed E-state index contributed by atoms with van der Waals surface area (Å²) in [7, 11) is 0. The largest absolute Gasteiger partial charge is 0.396 e. The van der Waals surface area contributed by atoms with Crippen LogP contribution in [0.4, 0.5) is 0 Å². The summed E-state index contributed by atoms with van der Waals surface area (Å²) in [4.78, 5) is 28.5. The Hall–Kier alpha value is -1.10. The number of aliphatic hydroxyl groups excluding tert-OH is 1. The molecule has 0 radical (unpaired) electrons. The van der Waals surface area contributed by atoms with Crippen molar-refractivity contribution in [1.82, 2.24) is 9.80 Å². The lowest BCUT2D eigenvalue weighted by molar-refractivity contribution is -0.136. The van der Waals surface area contributed by atoms with E-state index in [-0.39, 0.29) is 30.4 Å². The van der Waals surface area contributed by atoms with Crippen LogP contribution in [0.15, 0.2) is 0 Å². The zero-order valence-corrected chi connectivity index (χ0v) is 13.3. The lowest BCUT2D eigenvalue weighted by Gasteiger charge is -2.27. The first-order chi connectivity index (χ1) is 10.0. The summed E-state index contributed by atoms with van der Waals surface area (Å²) in [6, 6.07) is 0.263. The van der Waals surface area contributed by atoms with Gasteiger partial charge in [0.1, 0.15) is 0 Å². The number of likely N-dealkylation sites (tertiary alicyclic amines) is 2. The number of carbonyl (C=O) groups is 2. The third kappa shape index (κ3) is 3.96. The molecule has 0 aromatic heterocycles. The fourth-order valence-corrected chi connectivity index (χ4v) is 3.54. The lowest BCUT2D eigenvalue weighted by atomic mass is 10.0. The zero-order chi connectivity index (χ0) is 15.4. The van der Waals surface area contributed by atoms with Gasteiger partial charge < -0.3 is 14.9 Å². The van der Waals surface area contributed by atoms with Crippen molar-refractivity contribution in [2.75, 3.05) is 26.2 Å². The van der Waals surface area contributed by atoms with Gasteiger partial charge in [-0.15, -0.1) is 0 Å². The number of rotatable bonds is 6. The maximum absolute atomic E-state index is 12.7. The molecule has 2 aliphatic rings. The minimum absolute atomic E-state index is 0.119. The summed E-state index contributed by atoms with van der Waals surface area (Å²) in [6.07, 6.45) is 4.06. The molecule has 5 heteroatoms. The van der Waals surface area contributed by atoms with Gasteiger partial charge in [0.2, 0.25) is 11.8 Å². The summed E-state index contributed by atoms with van der Waals surface area (Å²) in [5, 5.41) is 8.96. The van der Waals surface area contributed by atoms with Crippen molar-refractivity contribution in [3.63, 3.8) is 0 Å². The molecule has 2 rings (SSSR count). The second kappa shape index (κ2) is 7.25. The molecule has 2 saturated heterocycles. The van der Waals surface area contributed by atoms with Gasteiger partial charge in [-0.05, 0) is 31.6 Å². The van der Waals surface area contributed by atoms with Gasteiger partial charge in [-0.3, -0.25) is 9.59 Å². The number of carbonyl (C=O) groups excluding carboxylic acids is 2. The lowest BCUT2D eigenvalue weighted by Crippen LogP contribution is -2.40. The highest BCUT2D eigenvalue weighted by atomic mass is 16.3. The van der Waals surface area contributed by atoms with E-state index in [1.807, 2.05) is 9.80 Å². The Morgan fingerprint density at radius 1 is 1.43 bits per heavy atom. The van der Waals surface area contributed by atoms with Gasteiger partial charge in [-0.1, -0.05) is 13.8 Å². The number of aliphatic hydroxyl groups is 1. The maximum atomic E-state index is 12.7. The predicted molar refractivity (Wildman–Crippen MR) is 80.6 cm³/mol. The highest BCUT2D eigenvalue weighted by molar-refractivity contribution is 5.89. The van der Waals surface area contributed by atoms with Crippen LogP contribution in [0.25, 0.3) is 0 Å². The highest BCUT2D eigenvalue weighted by Gasteiger charge is 2.39. The first kappa shape index (κ1) is 16.3. The second-order valence-electron chi connectivity index (χ2n) is 6.79. The van der Waals surface area contributed by atoms with Crippen LogP contribution in [-0.4, -0.2) is 59.0 Å². The topological polar surface area (TPSA) is 60.9 Å². The summed E-state index contributed by atoms with van der Waals surface area (Å²) in [5.74, 6) is 0.543. The van der Waals surface area contributed by atoms with Gasteiger partial charge in [-0.2, -0.15) is 0 Å². The van der Waals surface area contributed by atoms with E-state index in [1.54, 1.807) is 0 Å². The molecule has 0 saturated carbocycles. The molecule has 0 aromatic carbocycles. The second-order valence-corrected chi connectivity index (χ2v) is 6.79. The standard InChI is InChI=1S/C16H28N2O3/c1-12(2)10-17-11-13(9-15(17)20)16(21)18-7-3-5-14(18)6-4-8-19/h12-14,19H,3-11H2,1-2H3. The Kier molecular flexibility index (Phi) is 5.62. The van der Waals surface area contributed by atoms with Crippen LogP contribution in [0.5, 0.6) is 0 Å². The van der Waals surface area contributed by atoms with E-state index in [0.717, 1.165) is 38.8 Å². The molecular weight excluding hydrogens is 268 g/mol. The minimum atomic E-state index is -0.161. The quantitative estimate of drug-likeness (QED) is 0.802. The van der Waals surface area contributed by atoms with Crippen LogP contribution >= 0.6 is 0 Å². The molecule has 2 amide bonds. The Bertz CT molecular complexity index is 384. The highest BCUT2D eigenvalue weighted by Crippen LogP contribution is 2.27. The van der Waals surface area contributed by atoms with Gasteiger partial charge in [-0.25, -0.2) is 0 Å². The average Bonchev–Trinajstić information content (AvgIpc) is 3.03. The van der Waals surface area contributed by atoms with E-state index in [2.05, 4.69) is 13.8 Å². The van der Waals surface area contributed by atoms with Gasteiger partial charge in [0, 0.05) is 38.7 Å². The van der Waals surface area contributed by atoms with Crippen LogP contribution in [0, 0.1) is 11.8 Å². The Balaban J connectivity index is 1.92. The zero-order valence-electron chi connectivity index (χ0n) is 13.3.